The van der Waals surface area contributed by atoms with Crippen LogP contribution in [0.5, 0.6) is 0 Å². The van der Waals surface area contributed by atoms with Crippen molar-refractivity contribution in [2.45, 2.75) is 55.7 Å². The molecule has 4 atom stereocenters. The molecule has 26 heavy (non-hydrogen) atoms. The number of benzene rings is 1. The summed E-state index contributed by atoms with van der Waals surface area (Å²) in [5.74, 6) is 1.30. The summed E-state index contributed by atoms with van der Waals surface area (Å²) in [6, 6.07) is 10.2. The van der Waals surface area contributed by atoms with Crippen molar-refractivity contribution in [1.29, 1.82) is 0 Å². The van der Waals surface area contributed by atoms with Gasteiger partial charge >= 0.3 is 0 Å². The number of hydrogen-bond donors (Lipinski definition) is 2. The van der Waals surface area contributed by atoms with Gasteiger partial charge in [-0.3, -0.25) is 4.79 Å². The van der Waals surface area contributed by atoms with Gasteiger partial charge in [0.1, 0.15) is 0 Å². The van der Waals surface area contributed by atoms with E-state index in [2.05, 4.69) is 34.7 Å². The fourth-order valence-corrected chi connectivity index (χ4v) is 5.17. The van der Waals surface area contributed by atoms with E-state index < -0.39 is 0 Å². The van der Waals surface area contributed by atoms with Crippen LogP contribution in [0, 0.1) is 11.8 Å². The van der Waals surface area contributed by atoms with Crippen LogP contribution in [-0.2, 0) is 4.79 Å². The zero-order chi connectivity index (χ0) is 18.5. The molecule has 1 fully saturated rings. The Hall–Kier alpha value is -1.60. The van der Waals surface area contributed by atoms with Crippen LogP contribution in [-0.4, -0.2) is 27.4 Å². The highest BCUT2D eigenvalue weighted by Crippen LogP contribution is 2.32. The van der Waals surface area contributed by atoms with Crippen LogP contribution in [0.4, 0.5) is 10.8 Å². The number of anilines is 2. The maximum absolute atomic E-state index is 12.6. The van der Waals surface area contributed by atoms with Gasteiger partial charge in [0.25, 0.3) is 0 Å². The number of aromatic nitrogens is 2. The van der Waals surface area contributed by atoms with Gasteiger partial charge in [0.15, 0.2) is 4.34 Å². The summed E-state index contributed by atoms with van der Waals surface area (Å²) in [5.41, 5.74) is 0.978. The number of carbonyl (C=O) groups is 1. The zero-order valence-electron chi connectivity index (χ0n) is 15.4. The van der Waals surface area contributed by atoms with Gasteiger partial charge in [0.2, 0.25) is 11.0 Å². The molecule has 0 saturated heterocycles. The number of para-hydroxylation sites is 1. The van der Waals surface area contributed by atoms with Crippen LogP contribution in [0.3, 0.4) is 0 Å². The Morgan fingerprint density at radius 2 is 2.00 bits per heavy atom. The first-order chi connectivity index (χ1) is 12.5. The average Bonchev–Trinajstić information content (AvgIpc) is 3.06. The molecule has 5 nitrogen and oxygen atoms in total. The molecule has 0 unspecified atom stereocenters. The van der Waals surface area contributed by atoms with Gasteiger partial charge in [0.05, 0.1) is 5.25 Å². The molecule has 2 aromatic rings. The molecule has 7 heteroatoms. The van der Waals surface area contributed by atoms with Gasteiger partial charge in [-0.05, 0) is 37.3 Å². The topological polar surface area (TPSA) is 66.9 Å². The van der Waals surface area contributed by atoms with Crippen molar-refractivity contribution in [1.82, 2.24) is 15.5 Å². The maximum Gasteiger partial charge on any atom is 0.233 e. The van der Waals surface area contributed by atoms with Crippen molar-refractivity contribution >= 4 is 39.8 Å². The largest absolute Gasteiger partial charge is 0.352 e. The number of hydrogen-bond acceptors (Lipinski definition) is 6. The molecule has 1 amide bonds. The van der Waals surface area contributed by atoms with Crippen LogP contribution < -0.4 is 10.6 Å². The molecule has 0 spiro atoms. The highest BCUT2D eigenvalue weighted by Gasteiger charge is 2.29. The lowest BCUT2D eigenvalue weighted by molar-refractivity contribution is -0.121. The number of nitrogens with one attached hydrogen (secondary N) is 2. The van der Waals surface area contributed by atoms with E-state index in [9.17, 15) is 4.79 Å². The van der Waals surface area contributed by atoms with Gasteiger partial charge in [-0.1, -0.05) is 68.0 Å². The molecule has 1 aromatic heterocycles. The van der Waals surface area contributed by atoms with E-state index in [4.69, 9.17) is 0 Å². The molecule has 3 rings (SSSR count). The predicted molar refractivity (Wildman–Crippen MR) is 109 cm³/mol. The summed E-state index contributed by atoms with van der Waals surface area (Å²) >= 11 is 2.94. The van der Waals surface area contributed by atoms with E-state index in [0.717, 1.165) is 21.6 Å². The normalized spacial score (nSPS) is 24.0. The van der Waals surface area contributed by atoms with Crippen LogP contribution in [0.15, 0.2) is 34.7 Å². The Balaban J connectivity index is 1.53. The maximum atomic E-state index is 12.6. The third-order valence-electron chi connectivity index (χ3n) is 5.11. The van der Waals surface area contributed by atoms with Crippen molar-refractivity contribution in [2.75, 3.05) is 5.32 Å². The Kier molecular flexibility index (Phi) is 6.53. The molecule has 0 aliphatic heterocycles. The van der Waals surface area contributed by atoms with Crippen molar-refractivity contribution in [3.8, 4) is 0 Å². The van der Waals surface area contributed by atoms with Crippen LogP contribution in [0.2, 0.25) is 0 Å². The fraction of sp³-hybridized carbons (Fsp3) is 0.526. The molecule has 0 radical (unpaired) electrons. The van der Waals surface area contributed by atoms with E-state index in [1.54, 1.807) is 0 Å². The molecule has 1 aromatic carbocycles. The van der Waals surface area contributed by atoms with Crippen LogP contribution in [0.1, 0.15) is 40.0 Å². The fourth-order valence-electron chi connectivity index (χ4n) is 3.24. The molecule has 140 valence electrons. The highest BCUT2D eigenvalue weighted by atomic mass is 32.2. The quantitative estimate of drug-likeness (QED) is 0.700. The van der Waals surface area contributed by atoms with Gasteiger partial charge in [-0.25, -0.2) is 0 Å². The van der Waals surface area contributed by atoms with Gasteiger partial charge in [0, 0.05) is 11.7 Å². The number of nitrogens with zero attached hydrogens (tertiary/aromatic N) is 2. The molecular weight excluding hydrogens is 364 g/mol. The lowest BCUT2D eigenvalue weighted by atomic mass is 9.78. The summed E-state index contributed by atoms with van der Waals surface area (Å²) in [5, 5.41) is 15.4. The first-order valence-corrected chi connectivity index (χ1v) is 10.8. The van der Waals surface area contributed by atoms with Crippen molar-refractivity contribution in [2.24, 2.45) is 11.8 Å². The minimum atomic E-state index is -0.183. The van der Waals surface area contributed by atoms with E-state index >= 15 is 0 Å². The van der Waals surface area contributed by atoms with Crippen molar-refractivity contribution in [3.05, 3.63) is 30.3 Å². The summed E-state index contributed by atoms with van der Waals surface area (Å²) in [7, 11) is 0. The first-order valence-electron chi connectivity index (χ1n) is 9.15. The summed E-state index contributed by atoms with van der Waals surface area (Å²) in [4.78, 5) is 12.6. The molecule has 1 aliphatic carbocycles. The Morgan fingerprint density at radius 3 is 2.77 bits per heavy atom. The Bertz CT molecular complexity index is 721. The smallest absolute Gasteiger partial charge is 0.233 e. The van der Waals surface area contributed by atoms with Crippen LogP contribution >= 0.6 is 23.1 Å². The third kappa shape index (κ3) is 4.98. The second kappa shape index (κ2) is 8.86. The molecular formula is C19H26N4OS2. The predicted octanol–water partition coefficient (Wildman–Crippen LogP) is 4.70. The van der Waals surface area contributed by atoms with Gasteiger partial charge < -0.3 is 10.6 Å². The number of rotatable bonds is 6. The second-order valence-corrected chi connectivity index (χ2v) is 9.57. The minimum Gasteiger partial charge on any atom is -0.352 e. The lowest BCUT2D eigenvalue weighted by Gasteiger charge is -2.35. The lowest BCUT2D eigenvalue weighted by Crippen LogP contribution is -2.46. The van der Waals surface area contributed by atoms with Crippen LogP contribution in [0.25, 0.3) is 0 Å². The average molecular weight is 391 g/mol. The van der Waals surface area contributed by atoms with E-state index in [0.29, 0.717) is 17.9 Å². The van der Waals surface area contributed by atoms with Crippen molar-refractivity contribution < 1.29 is 4.79 Å². The summed E-state index contributed by atoms with van der Waals surface area (Å²) in [6.45, 7) is 6.46. The monoisotopic (exact) mass is 390 g/mol. The summed E-state index contributed by atoms with van der Waals surface area (Å²) < 4.78 is 0.802. The minimum absolute atomic E-state index is 0.0914. The Morgan fingerprint density at radius 1 is 1.23 bits per heavy atom. The van der Waals surface area contributed by atoms with E-state index in [1.165, 1.54) is 35.9 Å². The van der Waals surface area contributed by atoms with Gasteiger partial charge in [-0.2, -0.15) is 0 Å². The standard InChI is InChI=1S/C19H26N4OS2/c1-12-8-7-11-16(13(12)2)21-17(24)14(3)25-19-23-22-18(26-19)20-15-9-5-4-6-10-15/h4-6,9-10,12-14,16H,7-8,11H2,1-3H3,(H,20,22)(H,21,24)/t12-,13-,14-,16+/m1/s1. The molecule has 2 N–H and O–H groups in total. The highest BCUT2D eigenvalue weighted by molar-refractivity contribution is 8.02. The SMILES string of the molecule is C[C@@H]1[C@H](C)CCC[C@@H]1NC(=O)[C@@H](C)Sc1nnc(Nc2ccccc2)s1. The first kappa shape index (κ1) is 19.2. The third-order valence-corrected chi connectivity index (χ3v) is 7.14. The zero-order valence-corrected chi connectivity index (χ0v) is 17.1. The van der Waals surface area contributed by atoms with E-state index in [-0.39, 0.29) is 11.2 Å². The molecule has 1 aliphatic rings. The molecule has 1 heterocycles. The number of amides is 1. The number of carbonyl (C=O) groups excluding carboxylic acids is 1. The second-order valence-electron chi connectivity index (χ2n) is 7.01. The van der Waals surface area contributed by atoms with E-state index in [1.807, 2.05) is 37.3 Å². The summed E-state index contributed by atoms with van der Waals surface area (Å²) in [6.07, 6.45) is 3.54. The molecule has 1 saturated carbocycles. The van der Waals surface area contributed by atoms with Crippen molar-refractivity contribution in [3.63, 3.8) is 0 Å². The van der Waals surface area contributed by atoms with Gasteiger partial charge in [-0.15, -0.1) is 10.2 Å². The number of thioether (sulfide) groups is 1. The Labute approximate surface area is 163 Å². The molecule has 0 bridgehead atoms.